The van der Waals surface area contributed by atoms with Crippen molar-refractivity contribution in [1.82, 2.24) is 15.0 Å². The van der Waals surface area contributed by atoms with Crippen molar-refractivity contribution in [1.29, 1.82) is 0 Å². The molecule has 3 rings (SSSR count). The molecule has 7 nitrogen and oxygen atoms in total. The summed E-state index contributed by atoms with van der Waals surface area (Å²) in [5, 5.41) is 3.91. The minimum Gasteiger partial charge on any atom is -0.489 e. The summed E-state index contributed by atoms with van der Waals surface area (Å²) in [6.07, 6.45) is 0.796. The van der Waals surface area contributed by atoms with Gasteiger partial charge in [0.2, 0.25) is 5.91 Å². The van der Waals surface area contributed by atoms with Crippen LogP contribution in [0.25, 0.3) is 0 Å². The highest BCUT2D eigenvalue weighted by Gasteiger charge is 2.21. The third kappa shape index (κ3) is 4.48. The average molecular weight is 371 g/mol. The Labute approximate surface area is 158 Å². The molecule has 1 saturated heterocycles. The number of carbonyl (C=O) groups is 2. The van der Waals surface area contributed by atoms with E-state index in [4.69, 9.17) is 9.26 Å². The standard InChI is InChI=1S/C20H25N3O4/c1-14-19(15(2)27-21-14)13-26-18-7-5-17(6-8-18)20(25)23-10-4-9-22(11-12-23)16(3)24/h5-8H,4,9-13H2,1-3H3. The normalized spacial score (nSPS) is 14.8. The third-order valence-corrected chi connectivity index (χ3v) is 4.89. The van der Waals surface area contributed by atoms with Gasteiger partial charge in [0.05, 0.1) is 11.3 Å². The summed E-state index contributed by atoms with van der Waals surface area (Å²) >= 11 is 0. The van der Waals surface area contributed by atoms with Crippen LogP contribution in [0, 0.1) is 13.8 Å². The molecule has 2 heterocycles. The minimum atomic E-state index is -0.0160. The molecule has 1 aliphatic rings. The summed E-state index contributed by atoms with van der Waals surface area (Å²) < 4.78 is 10.9. The van der Waals surface area contributed by atoms with Crippen LogP contribution in [0.1, 0.15) is 40.7 Å². The highest BCUT2D eigenvalue weighted by molar-refractivity contribution is 5.94. The number of amides is 2. The fourth-order valence-corrected chi connectivity index (χ4v) is 3.18. The molecule has 0 bridgehead atoms. The minimum absolute atomic E-state index is 0.0160. The number of carbonyl (C=O) groups excluding carboxylic acids is 2. The SMILES string of the molecule is CC(=O)N1CCCN(C(=O)c2ccc(OCc3c(C)noc3C)cc2)CC1. The van der Waals surface area contributed by atoms with Crippen molar-refractivity contribution < 1.29 is 18.8 Å². The molecule has 0 unspecified atom stereocenters. The molecule has 1 aliphatic heterocycles. The summed E-state index contributed by atoms with van der Waals surface area (Å²) in [6, 6.07) is 7.15. The Bertz CT molecular complexity index is 794. The molecule has 27 heavy (non-hydrogen) atoms. The van der Waals surface area contributed by atoms with Crippen LogP contribution in [0.5, 0.6) is 5.75 Å². The maximum atomic E-state index is 12.7. The van der Waals surface area contributed by atoms with Gasteiger partial charge in [0.15, 0.2) is 0 Å². The molecule has 0 radical (unpaired) electrons. The predicted molar refractivity (Wildman–Crippen MR) is 99.5 cm³/mol. The van der Waals surface area contributed by atoms with E-state index in [0.717, 1.165) is 23.4 Å². The zero-order valence-corrected chi connectivity index (χ0v) is 16.0. The zero-order chi connectivity index (χ0) is 19.4. The van der Waals surface area contributed by atoms with Crippen molar-refractivity contribution in [3.05, 3.63) is 46.8 Å². The summed E-state index contributed by atoms with van der Waals surface area (Å²) in [7, 11) is 0. The van der Waals surface area contributed by atoms with Crippen molar-refractivity contribution in [2.24, 2.45) is 0 Å². The van der Waals surface area contributed by atoms with Gasteiger partial charge in [0.25, 0.3) is 5.91 Å². The monoisotopic (exact) mass is 371 g/mol. The molecule has 0 aliphatic carbocycles. The number of hydrogen-bond acceptors (Lipinski definition) is 5. The third-order valence-electron chi connectivity index (χ3n) is 4.89. The first kappa shape index (κ1) is 18.9. The number of aromatic nitrogens is 1. The van der Waals surface area contributed by atoms with Gasteiger partial charge in [-0.1, -0.05) is 5.16 Å². The van der Waals surface area contributed by atoms with Gasteiger partial charge >= 0.3 is 0 Å². The quantitative estimate of drug-likeness (QED) is 0.826. The van der Waals surface area contributed by atoms with Gasteiger partial charge in [-0.2, -0.15) is 0 Å². The van der Waals surface area contributed by atoms with Crippen LogP contribution in [0.3, 0.4) is 0 Å². The second-order valence-electron chi connectivity index (χ2n) is 6.77. The molecule has 1 aromatic carbocycles. The fraction of sp³-hybridized carbons (Fsp3) is 0.450. The van der Waals surface area contributed by atoms with Crippen molar-refractivity contribution in [2.45, 2.75) is 33.8 Å². The van der Waals surface area contributed by atoms with E-state index in [9.17, 15) is 9.59 Å². The van der Waals surface area contributed by atoms with Gasteiger partial charge in [-0.25, -0.2) is 0 Å². The smallest absolute Gasteiger partial charge is 0.253 e. The van der Waals surface area contributed by atoms with Crippen molar-refractivity contribution >= 4 is 11.8 Å². The van der Waals surface area contributed by atoms with Gasteiger partial charge in [0.1, 0.15) is 18.1 Å². The van der Waals surface area contributed by atoms with E-state index in [1.165, 1.54) is 0 Å². The lowest BCUT2D eigenvalue weighted by Crippen LogP contribution is -2.36. The van der Waals surface area contributed by atoms with E-state index in [2.05, 4.69) is 5.16 Å². The van der Waals surface area contributed by atoms with Gasteiger partial charge in [-0.15, -0.1) is 0 Å². The Morgan fingerprint density at radius 2 is 1.74 bits per heavy atom. The lowest BCUT2D eigenvalue weighted by molar-refractivity contribution is -0.128. The molecule has 1 fully saturated rings. The molecule has 0 atom stereocenters. The first-order valence-electron chi connectivity index (χ1n) is 9.15. The molecule has 2 aromatic rings. The predicted octanol–water partition coefficient (Wildman–Crippen LogP) is 2.56. The number of rotatable bonds is 4. The first-order chi connectivity index (χ1) is 13.0. The molecule has 1 aromatic heterocycles. The Kier molecular flexibility index (Phi) is 5.78. The second-order valence-corrected chi connectivity index (χ2v) is 6.77. The number of benzene rings is 1. The van der Waals surface area contributed by atoms with Crippen LogP contribution in [-0.2, 0) is 11.4 Å². The number of aryl methyl sites for hydroxylation is 2. The topological polar surface area (TPSA) is 75.9 Å². The van der Waals surface area contributed by atoms with E-state index < -0.39 is 0 Å². The fourth-order valence-electron chi connectivity index (χ4n) is 3.18. The Morgan fingerprint density at radius 3 is 2.37 bits per heavy atom. The molecule has 0 saturated carbocycles. The van der Waals surface area contributed by atoms with Crippen molar-refractivity contribution in [3.63, 3.8) is 0 Å². The zero-order valence-electron chi connectivity index (χ0n) is 16.0. The lowest BCUT2D eigenvalue weighted by atomic mass is 10.2. The Hall–Kier alpha value is -2.83. The molecule has 0 spiro atoms. The molecule has 7 heteroatoms. The van der Waals surface area contributed by atoms with Crippen LogP contribution in [0.2, 0.25) is 0 Å². The molecule has 144 valence electrons. The van der Waals surface area contributed by atoms with Crippen LogP contribution in [0.15, 0.2) is 28.8 Å². The molecular formula is C20H25N3O4. The second kappa shape index (κ2) is 8.24. The first-order valence-corrected chi connectivity index (χ1v) is 9.15. The van der Waals surface area contributed by atoms with E-state index in [0.29, 0.717) is 44.1 Å². The van der Waals surface area contributed by atoms with E-state index in [-0.39, 0.29) is 11.8 Å². The van der Waals surface area contributed by atoms with Gasteiger partial charge in [-0.3, -0.25) is 9.59 Å². The average Bonchev–Trinajstić information content (AvgIpc) is 2.86. The summed E-state index contributed by atoms with van der Waals surface area (Å²) in [5.74, 6) is 1.48. The number of nitrogens with zero attached hydrogens (tertiary/aromatic N) is 3. The molecule has 0 N–H and O–H groups in total. The summed E-state index contributed by atoms with van der Waals surface area (Å²) in [5.41, 5.74) is 2.38. The van der Waals surface area contributed by atoms with E-state index in [1.807, 2.05) is 18.7 Å². The maximum absolute atomic E-state index is 12.7. The van der Waals surface area contributed by atoms with Crippen LogP contribution < -0.4 is 4.74 Å². The van der Waals surface area contributed by atoms with Crippen LogP contribution in [-0.4, -0.2) is 52.9 Å². The van der Waals surface area contributed by atoms with E-state index >= 15 is 0 Å². The number of ether oxygens (including phenoxy) is 1. The Morgan fingerprint density at radius 1 is 1.07 bits per heavy atom. The van der Waals surface area contributed by atoms with E-state index in [1.54, 1.807) is 36.1 Å². The number of hydrogen-bond donors (Lipinski definition) is 0. The lowest BCUT2D eigenvalue weighted by Gasteiger charge is -2.21. The highest BCUT2D eigenvalue weighted by atomic mass is 16.5. The van der Waals surface area contributed by atoms with Gasteiger partial charge in [-0.05, 0) is 44.5 Å². The maximum Gasteiger partial charge on any atom is 0.253 e. The summed E-state index contributed by atoms with van der Waals surface area (Å²) in [6.45, 7) is 8.18. The largest absolute Gasteiger partial charge is 0.489 e. The van der Waals surface area contributed by atoms with Crippen molar-refractivity contribution in [2.75, 3.05) is 26.2 Å². The van der Waals surface area contributed by atoms with Crippen LogP contribution >= 0.6 is 0 Å². The van der Waals surface area contributed by atoms with Crippen LogP contribution in [0.4, 0.5) is 0 Å². The van der Waals surface area contributed by atoms with Gasteiger partial charge in [0, 0.05) is 38.7 Å². The molecular weight excluding hydrogens is 346 g/mol. The Balaban J connectivity index is 1.59. The highest BCUT2D eigenvalue weighted by Crippen LogP contribution is 2.19. The van der Waals surface area contributed by atoms with Gasteiger partial charge < -0.3 is 19.1 Å². The van der Waals surface area contributed by atoms with Crippen molar-refractivity contribution in [3.8, 4) is 5.75 Å². The summed E-state index contributed by atoms with van der Waals surface area (Å²) in [4.78, 5) is 27.9. The molecule has 2 amide bonds.